The molecule has 0 radical (unpaired) electrons. The molecule has 0 aliphatic rings. The number of carbonyl (C=O) groups excluding carboxylic acids is 2. The van der Waals surface area contributed by atoms with E-state index in [0.717, 1.165) is 5.56 Å². The molecular formula is C12H16N2O2. The second-order valence-electron chi connectivity index (χ2n) is 3.81. The number of ketones is 1. The normalized spacial score (nSPS) is 14.2. The molecule has 0 saturated carbocycles. The molecule has 0 unspecified atom stereocenters. The molecule has 1 rings (SSSR count). The van der Waals surface area contributed by atoms with E-state index in [4.69, 9.17) is 11.5 Å². The Labute approximate surface area is 94.6 Å². The van der Waals surface area contributed by atoms with E-state index in [1.165, 1.54) is 0 Å². The summed E-state index contributed by atoms with van der Waals surface area (Å²) >= 11 is 0. The van der Waals surface area contributed by atoms with E-state index in [1.807, 2.05) is 6.07 Å². The molecule has 16 heavy (non-hydrogen) atoms. The Kier molecular flexibility index (Phi) is 4.34. The Hall–Kier alpha value is -1.52. The van der Waals surface area contributed by atoms with Gasteiger partial charge in [-0.15, -0.1) is 0 Å². The standard InChI is InChI=1S/C12H16N2O2/c1-8(13)12(16)11-5-3-2-4-9(11)6-10(14)7-15/h2-5,7-8,10H,6,13-14H2,1H3/t8-,10+/m0/s1. The number of nitrogens with two attached hydrogens (primary N) is 2. The van der Waals surface area contributed by atoms with Crippen LogP contribution < -0.4 is 11.5 Å². The lowest BCUT2D eigenvalue weighted by atomic mass is 9.96. The van der Waals surface area contributed by atoms with Gasteiger partial charge in [-0.1, -0.05) is 24.3 Å². The first-order valence-corrected chi connectivity index (χ1v) is 5.15. The number of hydrogen-bond acceptors (Lipinski definition) is 4. The van der Waals surface area contributed by atoms with E-state index in [-0.39, 0.29) is 5.78 Å². The molecule has 2 atom stereocenters. The maximum Gasteiger partial charge on any atom is 0.179 e. The van der Waals surface area contributed by atoms with Gasteiger partial charge in [-0.2, -0.15) is 0 Å². The molecule has 0 fully saturated rings. The van der Waals surface area contributed by atoms with Crippen molar-refractivity contribution in [3.05, 3.63) is 35.4 Å². The van der Waals surface area contributed by atoms with Gasteiger partial charge in [-0.3, -0.25) is 4.79 Å². The molecule has 1 aromatic rings. The van der Waals surface area contributed by atoms with Gasteiger partial charge in [-0.25, -0.2) is 0 Å². The highest BCUT2D eigenvalue weighted by Gasteiger charge is 2.15. The fourth-order valence-electron chi connectivity index (χ4n) is 1.49. The van der Waals surface area contributed by atoms with Crippen molar-refractivity contribution in [2.45, 2.75) is 25.4 Å². The molecule has 0 saturated heterocycles. The summed E-state index contributed by atoms with van der Waals surface area (Å²) in [4.78, 5) is 22.3. The highest BCUT2D eigenvalue weighted by atomic mass is 16.1. The third-order valence-electron chi connectivity index (χ3n) is 2.33. The van der Waals surface area contributed by atoms with Gasteiger partial charge in [0.2, 0.25) is 0 Å². The Bertz CT molecular complexity index is 388. The number of Topliss-reactive ketones (excluding diaryl/α,β-unsaturated/α-hetero) is 1. The minimum Gasteiger partial charge on any atom is -0.321 e. The molecule has 86 valence electrons. The smallest absolute Gasteiger partial charge is 0.179 e. The Balaban J connectivity index is 3.00. The summed E-state index contributed by atoms with van der Waals surface area (Å²) in [6, 6.07) is 5.95. The van der Waals surface area contributed by atoms with Crippen LogP contribution in [0.1, 0.15) is 22.8 Å². The van der Waals surface area contributed by atoms with Crippen molar-refractivity contribution >= 4 is 12.1 Å². The van der Waals surface area contributed by atoms with Crippen LogP contribution in [0.25, 0.3) is 0 Å². The molecule has 0 aliphatic carbocycles. The Morgan fingerprint density at radius 2 is 2.00 bits per heavy atom. The molecule has 0 amide bonds. The molecule has 4 N–H and O–H groups in total. The van der Waals surface area contributed by atoms with Crippen molar-refractivity contribution < 1.29 is 9.59 Å². The van der Waals surface area contributed by atoms with Crippen molar-refractivity contribution in [2.24, 2.45) is 11.5 Å². The van der Waals surface area contributed by atoms with E-state index in [0.29, 0.717) is 18.3 Å². The van der Waals surface area contributed by atoms with Gasteiger partial charge in [0, 0.05) is 5.56 Å². The first kappa shape index (κ1) is 12.5. The molecule has 1 aromatic carbocycles. The van der Waals surface area contributed by atoms with Crippen LogP contribution >= 0.6 is 0 Å². The summed E-state index contributed by atoms with van der Waals surface area (Å²) in [5, 5.41) is 0. The fourth-order valence-corrected chi connectivity index (χ4v) is 1.49. The van der Waals surface area contributed by atoms with Gasteiger partial charge in [0.15, 0.2) is 5.78 Å². The summed E-state index contributed by atoms with van der Waals surface area (Å²) in [6.07, 6.45) is 1.03. The van der Waals surface area contributed by atoms with E-state index < -0.39 is 12.1 Å². The number of hydrogen-bond donors (Lipinski definition) is 2. The second-order valence-corrected chi connectivity index (χ2v) is 3.81. The topological polar surface area (TPSA) is 86.2 Å². The average molecular weight is 220 g/mol. The lowest BCUT2D eigenvalue weighted by molar-refractivity contribution is -0.108. The molecule has 0 bridgehead atoms. The predicted molar refractivity (Wildman–Crippen MR) is 62.2 cm³/mol. The maximum atomic E-state index is 11.8. The minimum atomic E-state index is -0.581. The van der Waals surface area contributed by atoms with E-state index in [9.17, 15) is 9.59 Å². The summed E-state index contributed by atoms with van der Waals surface area (Å²) in [7, 11) is 0. The number of carbonyl (C=O) groups is 2. The van der Waals surface area contributed by atoms with Gasteiger partial charge >= 0.3 is 0 Å². The monoisotopic (exact) mass is 220 g/mol. The van der Waals surface area contributed by atoms with Gasteiger partial charge < -0.3 is 16.3 Å². The highest BCUT2D eigenvalue weighted by molar-refractivity contribution is 6.01. The highest BCUT2D eigenvalue weighted by Crippen LogP contribution is 2.12. The molecule has 0 spiro atoms. The lowest BCUT2D eigenvalue weighted by Gasteiger charge is -2.11. The van der Waals surface area contributed by atoms with Gasteiger partial charge in [-0.05, 0) is 18.9 Å². The van der Waals surface area contributed by atoms with Crippen LogP contribution in [0.2, 0.25) is 0 Å². The molecule has 0 aromatic heterocycles. The Morgan fingerprint density at radius 3 is 2.56 bits per heavy atom. The SMILES string of the molecule is C[C@H](N)C(=O)c1ccccc1C[C@@H](N)C=O. The van der Waals surface area contributed by atoms with Gasteiger partial charge in [0.05, 0.1) is 12.1 Å². The zero-order chi connectivity index (χ0) is 12.1. The van der Waals surface area contributed by atoms with Crippen LogP contribution in [0.4, 0.5) is 0 Å². The van der Waals surface area contributed by atoms with E-state index >= 15 is 0 Å². The van der Waals surface area contributed by atoms with Crippen LogP contribution in [0.3, 0.4) is 0 Å². The third kappa shape index (κ3) is 2.98. The summed E-state index contributed by atoms with van der Waals surface area (Å²) in [6.45, 7) is 1.64. The lowest BCUT2D eigenvalue weighted by Crippen LogP contribution is -2.29. The number of benzene rings is 1. The van der Waals surface area contributed by atoms with Crippen LogP contribution in [0.5, 0.6) is 0 Å². The first-order chi connectivity index (χ1) is 7.56. The van der Waals surface area contributed by atoms with Crippen LogP contribution in [-0.4, -0.2) is 24.2 Å². The summed E-state index contributed by atoms with van der Waals surface area (Å²) < 4.78 is 0. The quantitative estimate of drug-likeness (QED) is 0.551. The van der Waals surface area contributed by atoms with Crippen LogP contribution in [-0.2, 0) is 11.2 Å². The van der Waals surface area contributed by atoms with Crippen molar-refractivity contribution in [1.29, 1.82) is 0 Å². The van der Waals surface area contributed by atoms with E-state index in [2.05, 4.69) is 0 Å². The van der Waals surface area contributed by atoms with Crippen molar-refractivity contribution in [3.8, 4) is 0 Å². The summed E-state index contributed by atoms with van der Waals surface area (Å²) in [5.74, 6) is -0.131. The van der Waals surface area contributed by atoms with Crippen LogP contribution in [0.15, 0.2) is 24.3 Å². The molecule has 0 aliphatic heterocycles. The van der Waals surface area contributed by atoms with Crippen molar-refractivity contribution in [1.82, 2.24) is 0 Å². The first-order valence-electron chi connectivity index (χ1n) is 5.15. The minimum absolute atomic E-state index is 0.131. The average Bonchev–Trinajstić information content (AvgIpc) is 2.28. The third-order valence-corrected chi connectivity index (χ3v) is 2.33. The molecule has 4 heteroatoms. The van der Waals surface area contributed by atoms with Gasteiger partial charge in [0.25, 0.3) is 0 Å². The van der Waals surface area contributed by atoms with Crippen molar-refractivity contribution in [2.75, 3.05) is 0 Å². The number of aldehydes is 1. The van der Waals surface area contributed by atoms with E-state index in [1.54, 1.807) is 25.1 Å². The van der Waals surface area contributed by atoms with Crippen LogP contribution in [0, 0.1) is 0 Å². The molecular weight excluding hydrogens is 204 g/mol. The van der Waals surface area contributed by atoms with Crippen molar-refractivity contribution in [3.63, 3.8) is 0 Å². The molecule has 4 nitrogen and oxygen atoms in total. The predicted octanol–water partition coefficient (Wildman–Crippen LogP) is 0.285. The largest absolute Gasteiger partial charge is 0.321 e. The van der Waals surface area contributed by atoms with Gasteiger partial charge in [0.1, 0.15) is 6.29 Å². The molecule has 0 heterocycles. The zero-order valence-electron chi connectivity index (χ0n) is 9.22. The summed E-state index contributed by atoms with van der Waals surface area (Å²) in [5.41, 5.74) is 12.4. The fraction of sp³-hybridized carbons (Fsp3) is 0.333. The Morgan fingerprint density at radius 1 is 1.38 bits per heavy atom. The second kappa shape index (κ2) is 5.53. The number of rotatable bonds is 5. The maximum absolute atomic E-state index is 11.8. The zero-order valence-corrected chi connectivity index (χ0v) is 9.22.